The number of anilines is 1. The van der Waals surface area contributed by atoms with Crippen molar-refractivity contribution in [3.8, 4) is 0 Å². The summed E-state index contributed by atoms with van der Waals surface area (Å²) < 4.78 is 16.5. The van der Waals surface area contributed by atoms with Crippen LogP contribution in [0.15, 0.2) is 17.1 Å². The van der Waals surface area contributed by atoms with Gasteiger partial charge in [-0.05, 0) is 74.5 Å². The normalized spacial score (nSPS) is 27.9. The Morgan fingerprint density at radius 2 is 2.00 bits per heavy atom. The van der Waals surface area contributed by atoms with Crippen molar-refractivity contribution >= 4 is 29.6 Å². The molecule has 0 radical (unpaired) electrons. The zero-order valence-corrected chi connectivity index (χ0v) is 18.0. The lowest BCUT2D eigenvalue weighted by molar-refractivity contribution is 0.0694. The number of aromatic nitrogens is 1. The average Bonchev–Trinajstić information content (AvgIpc) is 3.33. The number of carboxylic acid groups (broad SMARTS) is 1. The minimum absolute atomic E-state index is 0. The number of rotatable bonds is 3. The molecule has 3 unspecified atom stereocenters. The summed E-state index contributed by atoms with van der Waals surface area (Å²) >= 11 is 0. The quantitative estimate of drug-likeness (QED) is 0.772. The van der Waals surface area contributed by atoms with Crippen molar-refractivity contribution in [2.45, 2.75) is 51.0 Å². The van der Waals surface area contributed by atoms with Gasteiger partial charge in [-0.25, -0.2) is 9.18 Å². The third-order valence-corrected chi connectivity index (χ3v) is 7.35. The Morgan fingerprint density at radius 3 is 2.60 bits per heavy atom. The van der Waals surface area contributed by atoms with E-state index in [-0.39, 0.29) is 29.4 Å². The fourth-order valence-electron chi connectivity index (χ4n) is 5.66. The van der Waals surface area contributed by atoms with Gasteiger partial charge in [-0.1, -0.05) is 0 Å². The van der Waals surface area contributed by atoms with E-state index in [2.05, 4.69) is 11.8 Å². The Hall–Kier alpha value is -2.12. The maximum absolute atomic E-state index is 15.3. The summed E-state index contributed by atoms with van der Waals surface area (Å²) in [6.07, 6.45) is 5.14. The van der Waals surface area contributed by atoms with Crippen LogP contribution in [0.25, 0.3) is 5.52 Å². The highest BCUT2D eigenvalue weighted by atomic mass is 35.5. The number of pyridine rings is 2. The van der Waals surface area contributed by atoms with E-state index in [1.165, 1.54) is 16.7 Å². The lowest BCUT2D eigenvalue weighted by Gasteiger charge is -2.29. The number of aryl methyl sites for hydroxylation is 1. The number of halogens is 2. The van der Waals surface area contributed by atoms with E-state index >= 15 is 4.39 Å². The number of carboxylic acids is 1. The molecule has 2 aromatic heterocycles. The molecule has 3 aliphatic rings. The molecule has 6 nitrogen and oxygen atoms in total. The van der Waals surface area contributed by atoms with Gasteiger partial charge in [0.25, 0.3) is 5.56 Å². The second-order valence-corrected chi connectivity index (χ2v) is 9.38. The first-order valence-corrected chi connectivity index (χ1v) is 10.3. The molecule has 162 valence electrons. The van der Waals surface area contributed by atoms with Gasteiger partial charge >= 0.3 is 5.97 Å². The number of aromatic carboxylic acids is 1. The molecule has 2 aliphatic carbocycles. The van der Waals surface area contributed by atoms with Crippen molar-refractivity contribution in [3.63, 3.8) is 0 Å². The Bertz CT molecular complexity index is 1110. The van der Waals surface area contributed by atoms with E-state index in [9.17, 15) is 14.7 Å². The first-order valence-electron chi connectivity index (χ1n) is 10.3. The number of hydrogen-bond donors (Lipinski definition) is 2. The molecule has 1 aliphatic heterocycles. The van der Waals surface area contributed by atoms with Crippen molar-refractivity contribution in [2.75, 3.05) is 18.0 Å². The van der Waals surface area contributed by atoms with E-state index in [4.69, 9.17) is 5.73 Å². The number of nitrogens with zero attached hydrogens (tertiary/aromatic N) is 2. The molecule has 0 amide bonds. The Labute approximate surface area is 180 Å². The molecule has 3 N–H and O–H groups in total. The highest BCUT2D eigenvalue weighted by Crippen LogP contribution is 2.47. The predicted octanol–water partition coefficient (Wildman–Crippen LogP) is 3.31. The first kappa shape index (κ1) is 21.1. The Balaban J connectivity index is 0.00000218. The maximum atomic E-state index is 15.3. The number of nitrogens with two attached hydrogens (primary N) is 1. The summed E-state index contributed by atoms with van der Waals surface area (Å²) in [6.45, 7) is 5.40. The fourth-order valence-corrected chi connectivity index (χ4v) is 5.66. The molecule has 2 aromatic rings. The van der Waals surface area contributed by atoms with Crippen LogP contribution in [0.3, 0.4) is 0 Å². The highest BCUT2D eigenvalue weighted by Gasteiger charge is 2.48. The number of carbonyl (C=O) groups is 1. The molecule has 3 atom stereocenters. The van der Waals surface area contributed by atoms with Gasteiger partial charge in [0, 0.05) is 18.6 Å². The minimum atomic E-state index is -1.27. The molecule has 0 aromatic carbocycles. The standard InChI is InChI=1S/C22H26FN3O3.ClH/c1-11-18-14(12-3-4-12)7-15(21(28)29)20(27)26(18)10-17(23)19(11)25-8-13-5-6-22(2,24)16(13)9-25;/h7,10,12-13,16H,3-6,8-9,24H2,1-2H3,(H,28,29);1H. The lowest BCUT2D eigenvalue weighted by Crippen LogP contribution is -2.43. The van der Waals surface area contributed by atoms with Gasteiger partial charge in [0.1, 0.15) is 5.56 Å². The van der Waals surface area contributed by atoms with Crippen molar-refractivity contribution in [1.29, 1.82) is 0 Å². The third-order valence-electron chi connectivity index (χ3n) is 7.35. The van der Waals surface area contributed by atoms with Crippen LogP contribution in [-0.2, 0) is 0 Å². The van der Waals surface area contributed by atoms with Gasteiger partial charge in [0.05, 0.1) is 17.4 Å². The van der Waals surface area contributed by atoms with Gasteiger partial charge in [0.15, 0.2) is 5.82 Å². The van der Waals surface area contributed by atoms with Crippen molar-refractivity contribution in [2.24, 2.45) is 17.6 Å². The van der Waals surface area contributed by atoms with E-state index in [0.717, 1.165) is 37.8 Å². The average molecular weight is 436 g/mol. The van der Waals surface area contributed by atoms with Crippen LogP contribution in [0.1, 0.15) is 60.0 Å². The summed E-state index contributed by atoms with van der Waals surface area (Å²) in [6, 6.07) is 1.50. The second-order valence-electron chi connectivity index (χ2n) is 9.38. The molecule has 1 saturated heterocycles. The Kier molecular flexibility index (Phi) is 4.90. The fraction of sp³-hybridized carbons (Fsp3) is 0.545. The van der Waals surface area contributed by atoms with Crippen molar-refractivity contribution in [1.82, 2.24) is 4.40 Å². The monoisotopic (exact) mass is 435 g/mol. The largest absolute Gasteiger partial charge is 0.477 e. The van der Waals surface area contributed by atoms with Crippen LogP contribution in [0.5, 0.6) is 0 Å². The summed E-state index contributed by atoms with van der Waals surface area (Å²) in [5, 5.41) is 9.43. The molecule has 3 fully saturated rings. The molecule has 2 saturated carbocycles. The van der Waals surface area contributed by atoms with Crippen LogP contribution in [0.2, 0.25) is 0 Å². The zero-order chi connectivity index (χ0) is 20.7. The summed E-state index contributed by atoms with van der Waals surface area (Å²) in [5.41, 5.74) is 8.00. The topological polar surface area (TPSA) is 88.0 Å². The van der Waals surface area contributed by atoms with Gasteiger partial charge in [-0.3, -0.25) is 9.20 Å². The molecule has 5 rings (SSSR count). The smallest absolute Gasteiger partial charge is 0.341 e. The summed E-state index contributed by atoms with van der Waals surface area (Å²) in [7, 11) is 0. The van der Waals surface area contributed by atoms with E-state index < -0.39 is 17.3 Å². The Morgan fingerprint density at radius 1 is 1.30 bits per heavy atom. The number of hydrogen-bond acceptors (Lipinski definition) is 4. The molecule has 30 heavy (non-hydrogen) atoms. The van der Waals surface area contributed by atoms with Crippen LogP contribution in [-0.4, -0.2) is 34.1 Å². The van der Waals surface area contributed by atoms with Gasteiger partial charge < -0.3 is 15.7 Å². The van der Waals surface area contributed by atoms with E-state index in [1.54, 1.807) is 0 Å². The minimum Gasteiger partial charge on any atom is -0.477 e. The van der Waals surface area contributed by atoms with Gasteiger partial charge in [0.2, 0.25) is 0 Å². The molecule has 8 heteroatoms. The zero-order valence-electron chi connectivity index (χ0n) is 17.2. The second kappa shape index (κ2) is 6.95. The molecular formula is C22H27ClFN3O3. The highest BCUT2D eigenvalue weighted by molar-refractivity contribution is 5.89. The maximum Gasteiger partial charge on any atom is 0.341 e. The molecular weight excluding hydrogens is 409 g/mol. The van der Waals surface area contributed by atoms with Crippen LogP contribution < -0.4 is 16.2 Å². The van der Waals surface area contributed by atoms with Crippen molar-refractivity contribution < 1.29 is 14.3 Å². The lowest BCUT2D eigenvalue weighted by atomic mass is 9.88. The number of fused-ring (bicyclic) bond motifs is 2. The molecule has 0 bridgehead atoms. The van der Waals surface area contributed by atoms with Crippen LogP contribution >= 0.6 is 12.4 Å². The first-order chi connectivity index (χ1) is 13.7. The van der Waals surface area contributed by atoms with Crippen LogP contribution in [0, 0.1) is 24.6 Å². The van der Waals surface area contributed by atoms with Gasteiger partial charge in [-0.15, -0.1) is 12.4 Å². The van der Waals surface area contributed by atoms with Crippen LogP contribution in [0.4, 0.5) is 10.1 Å². The van der Waals surface area contributed by atoms with Crippen molar-refractivity contribution in [3.05, 3.63) is 45.1 Å². The summed E-state index contributed by atoms with van der Waals surface area (Å²) in [5.74, 6) is -0.745. The molecule has 3 heterocycles. The van der Waals surface area contributed by atoms with E-state index in [1.807, 2.05) is 6.92 Å². The summed E-state index contributed by atoms with van der Waals surface area (Å²) in [4.78, 5) is 26.4. The molecule has 0 spiro atoms. The van der Waals surface area contributed by atoms with E-state index in [0.29, 0.717) is 35.1 Å². The third kappa shape index (κ3) is 3.02. The SMILES string of the molecule is Cc1c(N2CC3CCC(C)(N)C3C2)c(F)cn2c(=O)c(C(=O)O)cc(C3CC3)c12.Cl. The van der Waals surface area contributed by atoms with Gasteiger partial charge in [-0.2, -0.15) is 0 Å². The predicted molar refractivity (Wildman–Crippen MR) is 116 cm³/mol.